The molecule has 5 heterocycles. The number of benzene rings is 4. The molecule has 2 aromatic heterocycles. The first-order valence-electron chi connectivity index (χ1n) is 24.1. The molecule has 0 radical (unpaired) electrons. The number of pyridine rings is 1. The number of aromatic nitrogens is 2. The Morgan fingerprint density at radius 2 is 1.73 bits per heavy atom. The van der Waals surface area contributed by atoms with Gasteiger partial charge in [-0.05, 0) is 103 Å². The fourth-order valence-electron chi connectivity index (χ4n) is 9.80. The smallest absolute Gasteiger partial charge is 0.405 e. The fourth-order valence-corrected chi connectivity index (χ4v) is 10.7. The highest BCUT2D eigenvalue weighted by Gasteiger charge is 2.47. The van der Waals surface area contributed by atoms with Gasteiger partial charge in [0, 0.05) is 80.8 Å². The van der Waals surface area contributed by atoms with Crippen LogP contribution in [0.15, 0.2) is 91.0 Å². The fraction of sp³-hybridized carbons (Fsp3) is 0.321. The van der Waals surface area contributed by atoms with Crippen LogP contribution in [-0.2, 0) is 27.3 Å². The monoisotopic (exact) mass is 1030 g/mol. The van der Waals surface area contributed by atoms with E-state index >= 15 is 0 Å². The molecule has 21 heteroatoms. The second-order valence-corrected chi connectivity index (χ2v) is 19.4. The molecule has 0 saturated carbocycles. The number of aromatic carboxylic acids is 1. The minimum Gasteiger partial charge on any atom is -0.493 e. The van der Waals surface area contributed by atoms with Crippen molar-refractivity contribution in [3.05, 3.63) is 125 Å². The van der Waals surface area contributed by atoms with Crippen LogP contribution < -0.4 is 30.9 Å². The van der Waals surface area contributed by atoms with E-state index in [1.54, 1.807) is 61.3 Å². The van der Waals surface area contributed by atoms with Gasteiger partial charge in [0.15, 0.2) is 10.8 Å². The van der Waals surface area contributed by atoms with Gasteiger partial charge >= 0.3 is 12.1 Å². The number of alkyl halides is 3. The van der Waals surface area contributed by atoms with E-state index in [1.807, 2.05) is 41.3 Å². The van der Waals surface area contributed by atoms with E-state index in [9.17, 15) is 42.3 Å². The summed E-state index contributed by atoms with van der Waals surface area (Å²) >= 11 is 1.39. The molecule has 6 aromatic rings. The van der Waals surface area contributed by atoms with Crippen LogP contribution in [0.5, 0.6) is 5.75 Å². The number of carbonyl (C=O) groups excluding carboxylic acids is 4. The van der Waals surface area contributed by atoms with Crippen LogP contribution in [0, 0.1) is 18.3 Å². The molecule has 4 amide bonds. The average Bonchev–Trinajstić information content (AvgIpc) is 3.79. The summed E-state index contributed by atoms with van der Waals surface area (Å²) in [6.07, 6.45) is -3.32. The molecular weight excluding hydrogens is 978 g/mol. The van der Waals surface area contributed by atoms with Gasteiger partial charge < -0.3 is 35.7 Å². The first-order chi connectivity index (χ1) is 35.5. The van der Waals surface area contributed by atoms with E-state index in [0.29, 0.717) is 88.4 Å². The molecule has 2 unspecified atom stereocenters. The number of halogens is 3. The molecule has 74 heavy (non-hydrogen) atoms. The number of anilines is 4. The number of carboxylic acids is 1. The lowest BCUT2D eigenvalue weighted by atomic mass is 9.88. The third-order valence-electron chi connectivity index (χ3n) is 13.6. The third kappa shape index (κ3) is 11.2. The molecule has 4 aromatic carbocycles. The Balaban J connectivity index is 0.793. The Morgan fingerprint density at radius 3 is 2.50 bits per heavy atom. The number of amides is 4. The van der Waals surface area contributed by atoms with Crippen molar-refractivity contribution in [1.29, 1.82) is 5.41 Å². The quantitative estimate of drug-likeness (QED) is 0.0313. The van der Waals surface area contributed by atoms with Gasteiger partial charge in [0.05, 0.1) is 35.0 Å². The molecule has 17 nitrogen and oxygen atoms in total. The maximum atomic E-state index is 14.5. The SMILES string of the molecule is CNc1cc(NC(=O)CN2CCN(CCCOc3cccc(-c4ccc(N5CCc6cccc(C(=O)Nc7nc8ccccc8s7)c6C5)nc4C(=O)O)c3C)CC2C(F)(F)F)ccc1C(=N)C1CCC(=O)NC1=O. The number of imide groups is 1. The Kier molecular flexibility index (Phi) is 15.0. The van der Waals surface area contributed by atoms with Gasteiger partial charge in [-0.3, -0.25) is 34.7 Å². The zero-order valence-corrected chi connectivity index (χ0v) is 41.3. The van der Waals surface area contributed by atoms with Crippen molar-refractivity contribution in [2.75, 3.05) is 73.8 Å². The van der Waals surface area contributed by atoms with E-state index in [0.717, 1.165) is 26.2 Å². The minimum absolute atomic E-state index is 0.00503. The Morgan fingerprint density at radius 1 is 0.919 bits per heavy atom. The summed E-state index contributed by atoms with van der Waals surface area (Å²) in [6, 6.07) is 24.7. The first kappa shape index (κ1) is 51.2. The van der Waals surface area contributed by atoms with Crippen LogP contribution in [0.25, 0.3) is 21.3 Å². The number of piperidine rings is 1. The molecular formula is C53H53F3N10O7S. The summed E-state index contributed by atoms with van der Waals surface area (Å²) in [5.74, 6) is -3.02. The number of ether oxygens (including phenoxy) is 1. The molecule has 2 atom stereocenters. The first-order valence-corrected chi connectivity index (χ1v) is 24.9. The number of hydrogen-bond donors (Lipinski definition) is 6. The number of nitrogens with one attached hydrogen (secondary N) is 5. The van der Waals surface area contributed by atoms with Crippen molar-refractivity contribution in [2.45, 2.75) is 51.4 Å². The summed E-state index contributed by atoms with van der Waals surface area (Å²) in [5, 5.41) is 30.4. The number of hydrogen-bond acceptors (Lipinski definition) is 14. The number of piperazine rings is 1. The predicted octanol–water partition coefficient (Wildman–Crippen LogP) is 7.60. The summed E-state index contributed by atoms with van der Waals surface area (Å²) in [5.41, 5.74) is 5.71. The molecule has 0 bridgehead atoms. The molecule has 6 N–H and O–H groups in total. The highest BCUT2D eigenvalue weighted by atomic mass is 32.1. The number of para-hydroxylation sites is 1. The molecule has 0 spiro atoms. The highest BCUT2D eigenvalue weighted by Crippen LogP contribution is 2.36. The lowest BCUT2D eigenvalue weighted by Crippen LogP contribution is -2.60. The van der Waals surface area contributed by atoms with E-state index in [-0.39, 0.29) is 56.4 Å². The lowest BCUT2D eigenvalue weighted by Gasteiger charge is -2.41. The van der Waals surface area contributed by atoms with Gasteiger partial charge in [-0.15, -0.1) is 0 Å². The molecule has 0 aliphatic carbocycles. The third-order valence-corrected chi connectivity index (χ3v) is 14.6. The van der Waals surface area contributed by atoms with E-state index < -0.39 is 48.4 Å². The summed E-state index contributed by atoms with van der Waals surface area (Å²) in [4.78, 5) is 77.6. The lowest BCUT2D eigenvalue weighted by molar-refractivity contribution is -0.197. The minimum atomic E-state index is -4.62. The van der Waals surface area contributed by atoms with Crippen LogP contribution in [0.2, 0.25) is 0 Å². The number of carbonyl (C=O) groups is 5. The van der Waals surface area contributed by atoms with Gasteiger partial charge in [0.25, 0.3) is 5.91 Å². The average molecular weight is 1030 g/mol. The number of thiazole rings is 1. The van der Waals surface area contributed by atoms with Gasteiger partial charge in [-0.2, -0.15) is 13.2 Å². The zero-order chi connectivity index (χ0) is 52.3. The number of fused-ring (bicyclic) bond motifs is 2. The maximum Gasteiger partial charge on any atom is 0.405 e. The molecule has 3 aliphatic heterocycles. The van der Waals surface area contributed by atoms with E-state index in [4.69, 9.17) is 10.1 Å². The summed E-state index contributed by atoms with van der Waals surface area (Å²) < 4.78 is 50.7. The number of carboxylic acid groups (broad SMARTS) is 1. The van der Waals surface area contributed by atoms with Gasteiger partial charge in [0.2, 0.25) is 17.7 Å². The van der Waals surface area contributed by atoms with Gasteiger partial charge in [0.1, 0.15) is 17.6 Å². The van der Waals surface area contributed by atoms with Crippen LogP contribution >= 0.6 is 11.3 Å². The zero-order valence-electron chi connectivity index (χ0n) is 40.5. The molecule has 9 rings (SSSR count). The van der Waals surface area contributed by atoms with Gasteiger partial charge in [-0.25, -0.2) is 14.8 Å². The van der Waals surface area contributed by atoms with Crippen molar-refractivity contribution < 1.29 is 47.0 Å². The highest BCUT2D eigenvalue weighted by molar-refractivity contribution is 7.22. The predicted molar refractivity (Wildman–Crippen MR) is 275 cm³/mol. The van der Waals surface area contributed by atoms with E-state index in [1.165, 1.54) is 23.5 Å². The standard InChI is InChI=1S/C53H53F3N10O7S/c1-30-33(34-16-18-44(61-48(34)51(71)72)66-22-20-31-8-5-10-35(38(31)27-66)49(69)63-52-60-39-11-3-4-13-42(39)74-52)9-6-12-41(30)73-25-7-21-64-23-24-65(43(28-64)53(54,55)56)29-46(68)59-32-14-15-36(40(26-32)58-2)47(57)37-17-19-45(67)62-50(37)70/h3-6,8-16,18,26,37,43,57-58H,7,17,19-25,27-29H2,1-2H3,(H,59,68)(H,71,72)(H,60,63,69)(H,62,67,70). The topological polar surface area (TPSA) is 222 Å². The van der Waals surface area contributed by atoms with E-state index in [2.05, 4.69) is 31.2 Å². The normalized spacial score (nSPS) is 17.3. The van der Waals surface area contributed by atoms with Crippen molar-refractivity contribution in [3.8, 4) is 16.9 Å². The number of rotatable bonds is 16. The van der Waals surface area contributed by atoms with Crippen molar-refractivity contribution >= 4 is 79.2 Å². The Bertz CT molecular complexity index is 3150. The van der Waals surface area contributed by atoms with Crippen molar-refractivity contribution in [2.24, 2.45) is 5.92 Å². The van der Waals surface area contributed by atoms with Crippen molar-refractivity contribution in [1.82, 2.24) is 25.1 Å². The second-order valence-electron chi connectivity index (χ2n) is 18.4. The van der Waals surface area contributed by atoms with Crippen LogP contribution in [0.3, 0.4) is 0 Å². The van der Waals surface area contributed by atoms with Gasteiger partial charge in [-0.1, -0.05) is 47.7 Å². The number of nitrogens with zero attached hydrogens (tertiary/aromatic N) is 5. The Labute approximate surface area is 427 Å². The molecule has 2 fully saturated rings. The van der Waals surface area contributed by atoms with Crippen LogP contribution in [0.4, 0.5) is 35.5 Å². The summed E-state index contributed by atoms with van der Waals surface area (Å²) in [7, 11) is 1.60. The summed E-state index contributed by atoms with van der Waals surface area (Å²) in [6.45, 7) is 2.56. The Hall–Kier alpha value is -7.75. The van der Waals surface area contributed by atoms with Crippen LogP contribution in [-0.4, -0.2) is 125 Å². The molecule has 3 aliphatic rings. The maximum absolute atomic E-state index is 14.5. The second kappa shape index (κ2) is 21.8. The van der Waals surface area contributed by atoms with Crippen molar-refractivity contribution in [3.63, 3.8) is 0 Å². The van der Waals surface area contributed by atoms with Crippen LogP contribution in [0.1, 0.15) is 62.4 Å². The largest absolute Gasteiger partial charge is 0.493 e. The molecule has 2 saturated heterocycles. The molecule has 384 valence electrons.